The molecule has 4 rings (SSSR count). The van der Waals surface area contributed by atoms with E-state index < -0.39 is 16.1 Å². The molecule has 1 aliphatic rings. The zero-order chi connectivity index (χ0) is 26.0. The fraction of sp³-hybridized carbons (Fsp3) is 0.321. The van der Waals surface area contributed by atoms with E-state index in [4.69, 9.17) is 9.47 Å². The van der Waals surface area contributed by atoms with Gasteiger partial charge in [0.25, 0.3) is 15.9 Å². The summed E-state index contributed by atoms with van der Waals surface area (Å²) >= 11 is 0. The van der Waals surface area contributed by atoms with Crippen molar-refractivity contribution in [1.29, 1.82) is 0 Å². The minimum atomic E-state index is -3.89. The molecule has 1 aliphatic heterocycles. The fourth-order valence-electron chi connectivity index (χ4n) is 4.48. The fourth-order valence-corrected chi connectivity index (χ4v) is 5.98. The summed E-state index contributed by atoms with van der Waals surface area (Å²) in [5.74, 6) is 1.03. The molecule has 8 heteroatoms. The average molecular weight is 509 g/mol. The predicted molar refractivity (Wildman–Crippen MR) is 140 cm³/mol. The van der Waals surface area contributed by atoms with Crippen LogP contribution in [0.25, 0.3) is 0 Å². The first-order chi connectivity index (χ1) is 17.1. The van der Waals surface area contributed by atoms with Gasteiger partial charge in [0.2, 0.25) is 0 Å². The van der Waals surface area contributed by atoms with Crippen LogP contribution >= 0.6 is 0 Å². The molecule has 0 saturated heterocycles. The Bertz CT molecular complexity index is 1360. The van der Waals surface area contributed by atoms with E-state index in [1.54, 1.807) is 61.7 Å². The van der Waals surface area contributed by atoms with Crippen LogP contribution in [-0.4, -0.2) is 34.1 Å². The quantitative estimate of drug-likeness (QED) is 0.488. The van der Waals surface area contributed by atoms with Gasteiger partial charge in [-0.2, -0.15) is 0 Å². The van der Waals surface area contributed by atoms with Gasteiger partial charge in [0.1, 0.15) is 11.5 Å². The second-order valence-electron chi connectivity index (χ2n) is 9.26. The number of benzene rings is 3. The molecule has 190 valence electrons. The summed E-state index contributed by atoms with van der Waals surface area (Å²) in [6, 6.07) is 18.8. The number of para-hydroxylation sites is 2. The number of carbonyl (C=O) groups is 1. The largest absolute Gasteiger partial charge is 0.496 e. The van der Waals surface area contributed by atoms with Gasteiger partial charge in [-0.25, -0.2) is 8.42 Å². The van der Waals surface area contributed by atoms with Crippen molar-refractivity contribution >= 4 is 21.6 Å². The smallest absolute Gasteiger partial charge is 0.264 e. The molecule has 0 saturated carbocycles. The van der Waals surface area contributed by atoms with Gasteiger partial charge in [-0.3, -0.25) is 9.10 Å². The summed E-state index contributed by atoms with van der Waals surface area (Å²) in [7, 11) is -2.24. The van der Waals surface area contributed by atoms with Crippen molar-refractivity contribution in [3.8, 4) is 11.5 Å². The average Bonchev–Trinajstić information content (AvgIpc) is 2.87. The molecule has 0 bridgehead atoms. The van der Waals surface area contributed by atoms with Crippen LogP contribution in [0.3, 0.4) is 0 Å². The maximum atomic E-state index is 13.5. The van der Waals surface area contributed by atoms with Gasteiger partial charge >= 0.3 is 0 Å². The Morgan fingerprint density at radius 3 is 2.36 bits per heavy atom. The molecule has 1 amide bonds. The number of nitrogens with one attached hydrogen (secondary N) is 1. The van der Waals surface area contributed by atoms with Crippen LogP contribution in [0, 0.1) is 6.92 Å². The number of aryl methyl sites for hydroxylation is 1. The second-order valence-corrected chi connectivity index (χ2v) is 11.1. The van der Waals surface area contributed by atoms with E-state index >= 15 is 0 Å². The van der Waals surface area contributed by atoms with E-state index in [1.165, 1.54) is 4.31 Å². The Balaban J connectivity index is 1.61. The third-order valence-corrected chi connectivity index (χ3v) is 8.22. The van der Waals surface area contributed by atoms with Crippen molar-refractivity contribution in [3.05, 3.63) is 83.4 Å². The SMILES string of the molecule is COc1cc(C)c([C@H](C)NC(=O)[C@H]2CN(S(=O)(=O)c3ccccc3)c3ccccc3O2)cc1C(C)C. The highest BCUT2D eigenvalue weighted by Gasteiger charge is 2.37. The maximum absolute atomic E-state index is 13.5. The molecule has 0 radical (unpaired) electrons. The first kappa shape index (κ1) is 25.6. The third kappa shape index (κ3) is 4.91. The first-order valence-corrected chi connectivity index (χ1v) is 13.4. The molecular weight excluding hydrogens is 476 g/mol. The minimum Gasteiger partial charge on any atom is -0.496 e. The van der Waals surface area contributed by atoms with E-state index in [1.807, 2.05) is 19.9 Å². The van der Waals surface area contributed by atoms with Crippen molar-refractivity contribution in [2.24, 2.45) is 0 Å². The first-order valence-electron chi connectivity index (χ1n) is 12.0. The lowest BCUT2D eigenvalue weighted by Crippen LogP contribution is -2.51. The number of anilines is 1. The van der Waals surface area contributed by atoms with E-state index in [-0.39, 0.29) is 29.3 Å². The maximum Gasteiger partial charge on any atom is 0.264 e. The van der Waals surface area contributed by atoms with Gasteiger partial charge in [0.15, 0.2) is 6.10 Å². The lowest BCUT2D eigenvalue weighted by Gasteiger charge is -2.35. The molecule has 0 spiro atoms. The van der Waals surface area contributed by atoms with Gasteiger partial charge in [-0.1, -0.05) is 44.2 Å². The molecular formula is C28H32N2O5S. The van der Waals surface area contributed by atoms with Gasteiger partial charge in [-0.05, 0) is 72.9 Å². The Morgan fingerprint density at radius 1 is 1.03 bits per heavy atom. The van der Waals surface area contributed by atoms with Crippen LogP contribution in [0.1, 0.15) is 49.4 Å². The molecule has 2 atom stereocenters. The van der Waals surface area contributed by atoms with Crippen molar-refractivity contribution in [1.82, 2.24) is 5.32 Å². The normalized spacial score (nSPS) is 16.2. The summed E-state index contributed by atoms with van der Waals surface area (Å²) in [5, 5.41) is 3.03. The topological polar surface area (TPSA) is 84.9 Å². The summed E-state index contributed by atoms with van der Waals surface area (Å²) in [6.07, 6.45) is -1.01. The highest BCUT2D eigenvalue weighted by Crippen LogP contribution is 2.37. The van der Waals surface area contributed by atoms with Crippen molar-refractivity contribution < 1.29 is 22.7 Å². The number of ether oxygens (including phenoxy) is 2. The van der Waals surface area contributed by atoms with E-state index in [0.717, 1.165) is 22.4 Å². The van der Waals surface area contributed by atoms with Crippen molar-refractivity contribution in [3.63, 3.8) is 0 Å². The third-order valence-electron chi connectivity index (χ3n) is 6.42. The van der Waals surface area contributed by atoms with E-state index in [9.17, 15) is 13.2 Å². The molecule has 3 aromatic carbocycles. The number of hydrogen-bond acceptors (Lipinski definition) is 5. The van der Waals surface area contributed by atoms with Crippen LogP contribution in [0.4, 0.5) is 5.69 Å². The summed E-state index contributed by atoms with van der Waals surface area (Å²) < 4.78 is 39.8. The Labute approximate surface area is 213 Å². The number of sulfonamides is 1. The summed E-state index contributed by atoms with van der Waals surface area (Å²) in [6.45, 7) is 7.94. The number of rotatable bonds is 7. The molecule has 0 aromatic heterocycles. The van der Waals surface area contributed by atoms with Gasteiger partial charge in [0, 0.05) is 0 Å². The Hall–Kier alpha value is -3.52. The number of methoxy groups -OCH3 is 1. The predicted octanol–water partition coefficient (Wildman–Crippen LogP) is 4.96. The second kappa shape index (κ2) is 10.2. The van der Waals surface area contributed by atoms with Crippen LogP contribution in [0.5, 0.6) is 11.5 Å². The lowest BCUT2D eigenvalue weighted by molar-refractivity contribution is -0.128. The highest BCUT2D eigenvalue weighted by atomic mass is 32.2. The standard InChI is InChI=1S/C28H32N2O5S/c1-18(2)22-16-23(19(3)15-26(22)34-5)20(4)29-28(31)27-17-30(24-13-9-10-14-25(24)35-27)36(32,33)21-11-7-6-8-12-21/h6-16,18,20,27H,17H2,1-5H3,(H,29,31)/t20-,27+/m0/s1. The van der Waals surface area contributed by atoms with Crippen LogP contribution < -0.4 is 19.1 Å². The zero-order valence-corrected chi connectivity index (χ0v) is 22.0. The van der Waals surface area contributed by atoms with Crippen LogP contribution in [-0.2, 0) is 14.8 Å². The molecule has 36 heavy (non-hydrogen) atoms. The van der Waals surface area contributed by atoms with Gasteiger partial charge in [-0.15, -0.1) is 0 Å². The van der Waals surface area contributed by atoms with E-state index in [2.05, 4.69) is 25.2 Å². The van der Waals surface area contributed by atoms with Crippen LogP contribution in [0.15, 0.2) is 71.6 Å². The monoisotopic (exact) mass is 508 g/mol. The summed E-state index contributed by atoms with van der Waals surface area (Å²) in [4.78, 5) is 13.5. The molecule has 7 nitrogen and oxygen atoms in total. The number of hydrogen-bond donors (Lipinski definition) is 1. The number of carbonyl (C=O) groups excluding carboxylic acids is 1. The van der Waals surface area contributed by atoms with Crippen LogP contribution in [0.2, 0.25) is 0 Å². The lowest BCUT2D eigenvalue weighted by atomic mass is 9.93. The molecule has 0 aliphatic carbocycles. The molecule has 1 N–H and O–H groups in total. The number of fused-ring (bicyclic) bond motifs is 1. The zero-order valence-electron chi connectivity index (χ0n) is 21.2. The van der Waals surface area contributed by atoms with E-state index in [0.29, 0.717) is 11.4 Å². The Kier molecular flexibility index (Phi) is 7.26. The Morgan fingerprint density at radius 2 is 1.69 bits per heavy atom. The molecule has 1 heterocycles. The molecule has 0 fully saturated rings. The molecule has 0 unspecified atom stereocenters. The van der Waals surface area contributed by atoms with Crippen molar-refractivity contribution in [2.45, 2.75) is 50.7 Å². The summed E-state index contributed by atoms with van der Waals surface area (Å²) in [5.41, 5.74) is 3.43. The van der Waals surface area contributed by atoms with Crippen molar-refractivity contribution in [2.75, 3.05) is 18.0 Å². The van der Waals surface area contributed by atoms with Gasteiger partial charge in [0.05, 0.1) is 30.3 Å². The number of nitrogens with zero attached hydrogens (tertiary/aromatic N) is 1. The van der Waals surface area contributed by atoms with Gasteiger partial charge < -0.3 is 14.8 Å². The number of amides is 1. The highest BCUT2D eigenvalue weighted by molar-refractivity contribution is 7.92. The minimum absolute atomic E-state index is 0.133. The molecule has 3 aromatic rings.